The molecule has 0 bridgehead atoms. The largest absolute Gasteiger partial charge is 0.357 e. The van der Waals surface area contributed by atoms with Gasteiger partial charge in [-0.1, -0.05) is 24.3 Å². The topological polar surface area (TPSA) is 45.2 Å². The van der Waals surface area contributed by atoms with Crippen molar-refractivity contribution in [2.24, 2.45) is 0 Å². The standard InChI is InChI=1S/C20H23N3O/c24-20(18-9-5-7-15-6-1-2-8-17(15)18)22-16-10-11-19(21-14-16)23-12-3-4-13-23/h1-2,6,8,10-11,14,18H,3-5,7,9,12-13H2,(H,22,24)/t18-/m1/s1. The van der Waals surface area contributed by atoms with Crippen LogP contribution in [-0.4, -0.2) is 24.0 Å². The Bertz CT molecular complexity index is 720. The Morgan fingerprint density at radius 3 is 2.71 bits per heavy atom. The number of benzene rings is 1. The van der Waals surface area contributed by atoms with Crippen molar-refractivity contribution in [3.63, 3.8) is 0 Å². The third-order valence-corrected chi connectivity index (χ3v) is 5.13. The fourth-order valence-electron chi connectivity index (χ4n) is 3.85. The summed E-state index contributed by atoms with van der Waals surface area (Å²) in [6.07, 6.45) is 7.32. The summed E-state index contributed by atoms with van der Waals surface area (Å²) in [5.41, 5.74) is 3.28. The third-order valence-electron chi connectivity index (χ3n) is 5.13. The lowest BCUT2D eigenvalue weighted by Gasteiger charge is -2.24. The highest BCUT2D eigenvalue weighted by molar-refractivity contribution is 5.96. The summed E-state index contributed by atoms with van der Waals surface area (Å²) in [6.45, 7) is 2.16. The van der Waals surface area contributed by atoms with E-state index in [2.05, 4.69) is 33.4 Å². The number of anilines is 2. The molecule has 0 saturated carbocycles. The number of pyridine rings is 1. The Hall–Kier alpha value is -2.36. The van der Waals surface area contributed by atoms with Gasteiger partial charge in [0.2, 0.25) is 5.91 Å². The SMILES string of the molecule is O=C(Nc1ccc(N2CCCC2)nc1)[C@@H]1CCCc2ccccc21. The second-order valence-corrected chi connectivity index (χ2v) is 6.73. The number of carbonyl (C=O) groups is 1. The molecule has 24 heavy (non-hydrogen) atoms. The molecule has 4 rings (SSSR count). The molecule has 1 amide bonds. The van der Waals surface area contributed by atoms with Crippen LogP contribution in [0, 0.1) is 0 Å². The number of aromatic nitrogens is 1. The monoisotopic (exact) mass is 321 g/mol. The molecule has 124 valence electrons. The molecule has 1 aromatic heterocycles. The lowest BCUT2D eigenvalue weighted by Crippen LogP contribution is -2.25. The third kappa shape index (κ3) is 3.01. The van der Waals surface area contributed by atoms with Crippen LogP contribution in [0.4, 0.5) is 11.5 Å². The quantitative estimate of drug-likeness (QED) is 0.936. The molecule has 0 unspecified atom stereocenters. The summed E-state index contributed by atoms with van der Waals surface area (Å²) in [5, 5.41) is 3.05. The molecule has 1 aromatic carbocycles. The number of rotatable bonds is 3. The Kier molecular flexibility index (Phi) is 4.20. The molecule has 1 N–H and O–H groups in total. The first-order valence-electron chi connectivity index (χ1n) is 8.91. The van der Waals surface area contributed by atoms with Crippen molar-refractivity contribution in [2.45, 2.75) is 38.0 Å². The lowest BCUT2D eigenvalue weighted by molar-refractivity contribution is -0.117. The summed E-state index contributed by atoms with van der Waals surface area (Å²) in [6, 6.07) is 12.3. The van der Waals surface area contributed by atoms with Crippen molar-refractivity contribution in [2.75, 3.05) is 23.3 Å². The van der Waals surface area contributed by atoms with Gasteiger partial charge in [0.1, 0.15) is 5.82 Å². The minimum atomic E-state index is -0.0480. The number of amides is 1. The molecule has 2 aromatic rings. The van der Waals surface area contributed by atoms with E-state index in [1.807, 2.05) is 18.2 Å². The van der Waals surface area contributed by atoms with Crippen molar-refractivity contribution >= 4 is 17.4 Å². The van der Waals surface area contributed by atoms with Gasteiger partial charge in [0.05, 0.1) is 17.8 Å². The summed E-state index contributed by atoms with van der Waals surface area (Å²) in [7, 11) is 0. The van der Waals surface area contributed by atoms with Gasteiger partial charge >= 0.3 is 0 Å². The zero-order valence-corrected chi connectivity index (χ0v) is 13.9. The van der Waals surface area contributed by atoms with E-state index in [0.717, 1.165) is 43.9 Å². The molecule has 2 aliphatic rings. The van der Waals surface area contributed by atoms with Gasteiger partial charge in [-0.25, -0.2) is 4.98 Å². The molecular formula is C20H23N3O. The predicted octanol–water partition coefficient (Wildman–Crippen LogP) is 3.74. The molecule has 4 heteroatoms. The number of nitrogens with zero attached hydrogens (tertiary/aromatic N) is 2. The molecule has 1 atom stereocenters. The maximum absolute atomic E-state index is 12.7. The summed E-state index contributed by atoms with van der Waals surface area (Å²) in [4.78, 5) is 19.5. The minimum absolute atomic E-state index is 0.0480. The van der Waals surface area contributed by atoms with Gasteiger partial charge in [-0.15, -0.1) is 0 Å². The van der Waals surface area contributed by atoms with E-state index < -0.39 is 0 Å². The van der Waals surface area contributed by atoms with E-state index in [0.29, 0.717) is 0 Å². The van der Waals surface area contributed by atoms with E-state index in [9.17, 15) is 4.79 Å². The van der Waals surface area contributed by atoms with E-state index in [1.165, 1.54) is 24.0 Å². The number of hydrogen-bond acceptors (Lipinski definition) is 3. The summed E-state index contributed by atoms with van der Waals surface area (Å²) < 4.78 is 0. The van der Waals surface area contributed by atoms with Crippen LogP contribution in [0.15, 0.2) is 42.6 Å². The van der Waals surface area contributed by atoms with Crippen LogP contribution in [-0.2, 0) is 11.2 Å². The first kappa shape index (κ1) is 15.2. The smallest absolute Gasteiger partial charge is 0.231 e. The summed E-state index contributed by atoms with van der Waals surface area (Å²) in [5.74, 6) is 1.04. The average Bonchev–Trinajstić information content (AvgIpc) is 3.16. The van der Waals surface area contributed by atoms with E-state index in [-0.39, 0.29) is 11.8 Å². The lowest BCUT2D eigenvalue weighted by atomic mass is 9.82. The Labute approximate surface area is 142 Å². The maximum atomic E-state index is 12.7. The first-order chi connectivity index (χ1) is 11.8. The number of aryl methyl sites for hydroxylation is 1. The number of carbonyl (C=O) groups excluding carboxylic acids is 1. The summed E-state index contributed by atoms with van der Waals surface area (Å²) >= 11 is 0. The van der Waals surface area contributed by atoms with E-state index in [4.69, 9.17) is 0 Å². The van der Waals surface area contributed by atoms with Crippen molar-refractivity contribution in [3.8, 4) is 0 Å². The van der Waals surface area contributed by atoms with Crippen LogP contribution in [0.5, 0.6) is 0 Å². The molecule has 1 aliphatic carbocycles. The van der Waals surface area contributed by atoms with Gasteiger partial charge in [-0.05, 0) is 55.4 Å². The first-order valence-corrected chi connectivity index (χ1v) is 8.91. The number of fused-ring (bicyclic) bond motifs is 1. The molecule has 4 nitrogen and oxygen atoms in total. The molecule has 0 spiro atoms. The highest BCUT2D eigenvalue weighted by Crippen LogP contribution is 2.32. The van der Waals surface area contributed by atoms with Crippen LogP contribution >= 0.6 is 0 Å². The van der Waals surface area contributed by atoms with Gasteiger partial charge in [0, 0.05) is 13.1 Å². The maximum Gasteiger partial charge on any atom is 0.231 e. The Morgan fingerprint density at radius 1 is 1.08 bits per heavy atom. The van der Waals surface area contributed by atoms with Crippen molar-refractivity contribution in [3.05, 3.63) is 53.7 Å². The van der Waals surface area contributed by atoms with Crippen molar-refractivity contribution in [1.29, 1.82) is 0 Å². The van der Waals surface area contributed by atoms with Crippen molar-refractivity contribution < 1.29 is 4.79 Å². The van der Waals surface area contributed by atoms with Gasteiger partial charge in [0.15, 0.2) is 0 Å². The second-order valence-electron chi connectivity index (χ2n) is 6.73. The minimum Gasteiger partial charge on any atom is -0.357 e. The molecule has 0 radical (unpaired) electrons. The highest BCUT2D eigenvalue weighted by Gasteiger charge is 2.26. The molecule has 1 fully saturated rings. The van der Waals surface area contributed by atoms with Gasteiger partial charge in [-0.2, -0.15) is 0 Å². The molecule has 2 heterocycles. The second kappa shape index (κ2) is 6.63. The van der Waals surface area contributed by atoms with Crippen molar-refractivity contribution in [1.82, 2.24) is 4.98 Å². The van der Waals surface area contributed by atoms with Crippen LogP contribution < -0.4 is 10.2 Å². The van der Waals surface area contributed by atoms with E-state index >= 15 is 0 Å². The molecular weight excluding hydrogens is 298 g/mol. The zero-order valence-electron chi connectivity index (χ0n) is 13.9. The Balaban J connectivity index is 1.46. The van der Waals surface area contributed by atoms with Crippen LogP contribution in [0.25, 0.3) is 0 Å². The average molecular weight is 321 g/mol. The Morgan fingerprint density at radius 2 is 1.92 bits per heavy atom. The number of nitrogens with one attached hydrogen (secondary N) is 1. The van der Waals surface area contributed by atoms with Gasteiger partial charge in [-0.3, -0.25) is 4.79 Å². The van der Waals surface area contributed by atoms with Gasteiger partial charge < -0.3 is 10.2 Å². The fourth-order valence-corrected chi connectivity index (χ4v) is 3.85. The van der Waals surface area contributed by atoms with E-state index in [1.54, 1.807) is 6.20 Å². The van der Waals surface area contributed by atoms with Gasteiger partial charge in [0.25, 0.3) is 0 Å². The molecule has 1 saturated heterocycles. The fraction of sp³-hybridized carbons (Fsp3) is 0.400. The highest BCUT2D eigenvalue weighted by atomic mass is 16.1. The number of hydrogen-bond donors (Lipinski definition) is 1. The van der Waals surface area contributed by atoms with Crippen LogP contribution in [0.1, 0.15) is 42.7 Å². The zero-order chi connectivity index (χ0) is 16.4. The normalized spacial score (nSPS) is 19.8. The van der Waals surface area contributed by atoms with Crippen LogP contribution in [0.2, 0.25) is 0 Å². The predicted molar refractivity (Wildman–Crippen MR) is 96.4 cm³/mol. The van der Waals surface area contributed by atoms with Crippen LogP contribution in [0.3, 0.4) is 0 Å². The molecule has 1 aliphatic heterocycles.